The van der Waals surface area contributed by atoms with Crippen LogP contribution in [0.2, 0.25) is 5.02 Å². The fourth-order valence-corrected chi connectivity index (χ4v) is 3.13. The summed E-state index contributed by atoms with van der Waals surface area (Å²) in [5, 5.41) is 7.22. The second-order valence-corrected chi connectivity index (χ2v) is 7.92. The molecule has 3 rings (SSSR count). The van der Waals surface area contributed by atoms with Crippen molar-refractivity contribution in [2.45, 2.75) is 6.92 Å². The third-order valence-electron chi connectivity index (χ3n) is 4.05. The summed E-state index contributed by atoms with van der Waals surface area (Å²) in [4.78, 5) is 23.9. The zero-order valence-electron chi connectivity index (χ0n) is 16.5. The predicted octanol–water partition coefficient (Wildman–Crippen LogP) is 4.94. The highest BCUT2D eigenvalue weighted by molar-refractivity contribution is 14.1. The van der Waals surface area contributed by atoms with Crippen molar-refractivity contribution in [3.05, 3.63) is 74.5 Å². The molecular weight excluding hydrogens is 533 g/mol. The van der Waals surface area contributed by atoms with Gasteiger partial charge >= 0.3 is 5.97 Å². The molecule has 2 N–H and O–H groups in total. The number of nitrogens with one attached hydrogen (secondary N) is 2. The lowest BCUT2D eigenvalue weighted by Gasteiger charge is -2.06. The molecule has 7 nitrogen and oxygen atoms in total. The van der Waals surface area contributed by atoms with Crippen molar-refractivity contribution in [1.29, 1.82) is 0 Å². The number of ether oxygens (including phenoxy) is 1. The number of nitrogens with zero attached hydrogens (tertiary/aromatic N) is 1. The van der Waals surface area contributed by atoms with E-state index in [0.717, 1.165) is 9.26 Å². The maximum atomic E-state index is 12.0. The number of hydrazone groups is 1. The number of hydrogen-bond acceptors (Lipinski definition) is 6. The third-order valence-corrected chi connectivity index (χ3v) is 5.10. The third kappa shape index (κ3) is 6.56. The number of esters is 1. The minimum atomic E-state index is -0.496. The molecule has 0 aliphatic heterocycles. The molecule has 0 radical (unpaired) electrons. The first-order valence-corrected chi connectivity index (χ1v) is 10.8. The summed E-state index contributed by atoms with van der Waals surface area (Å²) in [5.41, 5.74) is 4.21. The summed E-state index contributed by atoms with van der Waals surface area (Å²) in [6, 6.07) is 16.1. The monoisotopic (exact) mass is 551 g/mol. The maximum absolute atomic E-state index is 12.0. The zero-order chi connectivity index (χ0) is 22.2. The quantitative estimate of drug-likeness (QED) is 0.179. The SMILES string of the molecule is CCOC(=O)c1cc(-c2ccc(/C=N\NC(=O)CNc3ccc(I)cc3)o2)ccc1Cl. The summed E-state index contributed by atoms with van der Waals surface area (Å²) < 4.78 is 11.8. The Kier molecular flexibility index (Phi) is 8.07. The van der Waals surface area contributed by atoms with Crippen LogP contribution in [-0.4, -0.2) is 31.2 Å². The molecule has 0 fully saturated rings. The van der Waals surface area contributed by atoms with Gasteiger partial charge in [-0.1, -0.05) is 11.6 Å². The van der Waals surface area contributed by atoms with Gasteiger partial charge in [0, 0.05) is 14.8 Å². The van der Waals surface area contributed by atoms with Gasteiger partial charge in [-0.15, -0.1) is 0 Å². The van der Waals surface area contributed by atoms with E-state index in [1.807, 2.05) is 24.3 Å². The van der Waals surface area contributed by atoms with Gasteiger partial charge in [-0.2, -0.15) is 5.10 Å². The molecule has 1 amide bonds. The largest absolute Gasteiger partial charge is 0.462 e. The molecule has 3 aromatic rings. The van der Waals surface area contributed by atoms with Crippen LogP contribution >= 0.6 is 34.2 Å². The average molecular weight is 552 g/mol. The summed E-state index contributed by atoms with van der Waals surface area (Å²) in [5.74, 6) is 0.173. The van der Waals surface area contributed by atoms with Gasteiger partial charge in [0.1, 0.15) is 11.5 Å². The fraction of sp³-hybridized carbons (Fsp3) is 0.136. The van der Waals surface area contributed by atoms with Crippen LogP contribution in [0.25, 0.3) is 11.3 Å². The van der Waals surface area contributed by atoms with Crippen LogP contribution in [0.1, 0.15) is 23.0 Å². The molecule has 0 unspecified atom stereocenters. The number of carbonyl (C=O) groups excluding carboxylic acids is 2. The first-order chi connectivity index (χ1) is 15.0. The Morgan fingerprint density at radius 2 is 1.94 bits per heavy atom. The van der Waals surface area contributed by atoms with Gasteiger partial charge in [-0.3, -0.25) is 4.79 Å². The van der Waals surface area contributed by atoms with Crippen molar-refractivity contribution in [1.82, 2.24) is 5.43 Å². The van der Waals surface area contributed by atoms with Gasteiger partial charge in [-0.05, 0) is 84.1 Å². The standard InChI is InChI=1S/C22H19ClIN3O4/c1-2-30-22(29)18-11-14(3-9-19(18)23)20-10-8-17(31-20)12-26-27-21(28)13-25-16-6-4-15(24)5-7-16/h3-12,25H,2,13H2,1H3,(H,27,28)/b26-12-. The van der Waals surface area contributed by atoms with Gasteiger partial charge in [-0.25, -0.2) is 10.2 Å². The van der Waals surface area contributed by atoms with Gasteiger partial charge in [0.05, 0.1) is 30.0 Å². The van der Waals surface area contributed by atoms with Crippen molar-refractivity contribution in [3.8, 4) is 11.3 Å². The van der Waals surface area contributed by atoms with E-state index >= 15 is 0 Å². The van der Waals surface area contributed by atoms with Gasteiger partial charge in [0.2, 0.25) is 0 Å². The number of benzene rings is 2. The number of hydrogen-bond donors (Lipinski definition) is 2. The molecule has 0 saturated heterocycles. The van der Waals surface area contributed by atoms with Gasteiger partial charge in [0.15, 0.2) is 0 Å². The number of amides is 1. The first-order valence-electron chi connectivity index (χ1n) is 9.34. The molecule has 31 heavy (non-hydrogen) atoms. The normalized spacial score (nSPS) is 10.8. The fourth-order valence-electron chi connectivity index (χ4n) is 2.58. The minimum Gasteiger partial charge on any atom is -0.462 e. The average Bonchev–Trinajstić information content (AvgIpc) is 3.23. The molecule has 0 spiro atoms. The molecule has 0 aliphatic carbocycles. The van der Waals surface area contributed by atoms with E-state index in [4.69, 9.17) is 20.8 Å². The smallest absolute Gasteiger partial charge is 0.339 e. The highest BCUT2D eigenvalue weighted by Gasteiger charge is 2.14. The Morgan fingerprint density at radius 1 is 1.16 bits per heavy atom. The molecule has 0 aliphatic rings. The number of rotatable bonds is 8. The summed E-state index contributed by atoms with van der Waals surface area (Å²) in [7, 11) is 0. The van der Waals surface area contributed by atoms with E-state index in [-0.39, 0.29) is 24.6 Å². The lowest BCUT2D eigenvalue weighted by molar-refractivity contribution is -0.119. The molecule has 0 saturated carbocycles. The Morgan fingerprint density at radius 3 is 2.68 bits per heavy atom. The maximum Gasteiger partial charge on any atom is 0.339 e. The van der Waals surface area contributed by atoms with E-state index in [1.54, 1.807) is 37.3 Å². The molecule has 9 heteroatoms. The highest BCUT2D eigenvalue weighted by Crippen LogP contribution is 2.27. The van der Waals surface area contributed by atoms with Crippen molar-refractivity contribution in [3.63, 3.8) is 0 Å². The minimum absolute atomic E-state index is 0.0861. The molecule has 0 atom stereocenters. The van der Waals surface area contributed by atoms with Gasteiger partial charge < -0.3 is 14.5 Å². The lowest BCUT2D eigenvalue weighted by Crippen LogP contribution is -2.25. The first kappa shape index (κ1) is 22.8. The van der Waals surface area contributed by atoms with Gasteiger partial charge in [0.25, 0.3) is 5.91 Å². The van der Waals surface area contributed by atoms with E-state index < -0.39 is 5.97 Å². The molecule has 160 valence electrons. The van der Waals surface area contributed by atoms with E-state index in [0.29, 0.717) is 22.1 Å². The van der Waals surface area contributed by atoms with Crippen LogP contribution in [0, 0.1) is 3.57 Å². The van der Waals surface area contributed by atoms with Crippen molar-refractivity contribution in [2.75, 3.05) is 18.5 Å². The van der Waals surface area contributed by atoms with E-state index in [2.05, 4.69) is 38.4 Å². The van der Waals surface area contributed by atoms with Crippen LogP contribution in [0.3, 0.4) is 0 Å². The summed E-state index contributed by atoms with van der Waals surface area (Å²) in [6.07, 6.45) is 1.40. The molecule has 1 aromatic heterocycles. The van der Waals surface area contributed by atoms with Crippen molar-refractivity contribution in [2.24, 2.45) is 5.10 Å². The van der Waals surface area contributed by atoms with E-state index in [1.165, 1.54) is 6.21 Å². The highest BCUT2D eigenvalue weighted by atomic mass is 127. The van der Waals surface area contributed by atoms with Crippen LogP contribution in [0.15, 0.2) is 64.1 Å². The summed E-state index contributed by atoms with van der Waals surface area (Å²) >= 11 is 8.31. The molecule has 2 aromatic carbocycles. The molecule has 0 bridgehead atoms. The van der Waals surface area contributed by atoms with Crippen LogP contribution < -0.4 is 10.7 Å². The lowest BCUT2D eigenvalue weighted by atomic mass is 10.1. The van der Waals surface area contributed by atoms with Crippen LogP contribution in [0.4, 0.5) is 5.69 Å². The van der Waals surface area contributed by atoms with Crippen molar-refractivity contribution < 1.29 is 18.7 Å². The topological polar surface area (TPSA) is 92.9 Å². The predicted molar refractivity (Wildman–Crippen MR) is 128 cm³/mol. The second kappa shape index (κ2) is 11.0. The Hall–Kier alpha value is -2.85. The Balaban J connectivity index is 1.57. The van der Waals surface area contributed by atoms with E-state index in [9.17, 15) is 9.59 Å². The number of carbonyl (C=O) groups is 2. The number of anilines is 1. The molecule has 1 heterocycles. The second-order valence-electron chi connectivity index (χ2n) is 6.27. The molecular formula is C22H19ClIN3O4. The van der Waals surface area contributed by atoms with Crippen LogP contribution in [0.5, 0.6) is 0 Å². The Bertz CT molecular complexity index is 1100. The summed E-state index contributed by atoms with van der Waals surface area (Å²) in [6.45, 7) is 2.07. The van der Waals surface area contributed by atoms with Crippen LogP contribution in [-0.2, 0) is 9.53 Å². The Labute approximate surface area is 197 Å². The zero-order valence-corrected chi connectivity index (χ0v) is 19.4. The number of furan rings is 1. The number of halogens is 2. The van der Waals surface area contributed by atoms with Crippen molar-refractivity contribution >= 4 is 58.0 Å².